The Morgan fingerprint density at radius 3 is 2.24 bits per heavy atom. The van der Waals surface area contributed by atoms with Crippen LogP contribution in [0.15, 0.2) is 17.0 Å². The minimum Gasteiger partial charge on any atom is -0.481 e. The van der Waals surface area contributed by atoms with Gasteiger partial charge in [0.15, 0.2) is 0 Å². The van der Waals surface area contributed by atoms with Crippen LogP contribution in [0.4, 0.5) is 4.39 Å². The number of carboxylic acids is 1. The number of carboxylic acid groups (broad SMARTS) is 1. The lowest BCUT2D eigenvalue weighted by Gasteiger charge is -2.41. The summed E-state index contributed by atoms with van der Waals surface area (Å²) >= 11 is 0. The molecule has 0 saturated heterocycles. The van der Waals surface area contributed by atoms with Crippen LogP contribution in [0.2, 0.25) is 0 Å². The number of aliphatic carboxylic acids is 1. The minimum absolute atomic E-state index is 0.0283. The molecular formula is C14H18FNO4S. The van der Waals surface area contributed by atoms with E-state index >= 15 is 0 Å². The van der Waals surface area contributed by atoms with Crippen LogP contribution < -0.4 is 4.72 Å². The molecule has 2 N–H and O–H groups in total. The predicted octanol–water partition coefficient (Wildman–Crippen LogP) is 2.12. The molecule has 2 rings (SSSR count). The second kappa shape index (κ2) is 5.38. The topological polar surface area (TPSA) is 83.5 Å². The van der Waals surface area contributed by atoms with Gasteiger partial charge < -0.3 is 5.11 Å². The van der Waals surface area contributed by atoms with Gasteiger partial charge in [0.05, 0.1) is 11.3 Å². The zero-order valence-electron chi connectivity index (χ0n) is 11.9. The number of carbonyl (C=O) groups is 1. The van der Waals surface area contributed by atoms with E-state index in [4.69, 9.17) is 5.11 Å². The van der Waals surface area contributed by atoms with Crippen LogP contribution in [0.1, 0.15) is 36.8 Å². The van der Waals surface area contributed by atoms with Crippen molar-refractivity contribution in [1.29, 1.82) is 0 Å². The molecule has 0 unspecified atom stereocenters. The van der Waals surface area contributed by atoms with E-state index in [1.54, 1.807) is 0 Å². The Labute approximate surface area is 123 Å². The first-order chi connectivity index (χ1) is 9.65. The molecule has 0 aromatic heterocycles. The Morgan fingerprint density at radius 2 is 1.86 bits per heavy atom. The molecule has 1 fully saturated rings. The summed E-state index contributed by atoms with van der Waals surface area (Å²) in [6.07, 6.45) is 1.54. The van der Waals surface area contributed by atoms with Crippen LogP contribution >= 0.6 is 0 Å². The standard InChI is InChI=1S/C14H18FNO4S/c1-9-6-11(15)7-10(2)13(9)21(19,20)16-14(4-3-5-14)8-12(17)18/h6-7,16H,3-5,8H2,1-2H3,(H,17,18). The van der Waals surface area contributed by atoms with Gasteiger partial charge in [0.2, 0.25) is 10.0 Å². The van der Waals surface area contributed by atoms with Crippen molar-refractivity contribution in [3.63, 3.8) is 0 Å². The summed E-state index contributed by atoms with van der Waals surface area (Å²) in [7, 11) is -3.88. The molecule has 0 aliphatic heterocycles. The van der Waals surface area contributed by atoms with Crippen molar-refractivity contribution in [1.82, 2.24) is 4.72 Å². The lowest BCUT2D eigenvalue weighted by Crippen LogP contribution is -2.54. The van der Waals surface area contributed by atoms with Crippen LogP contribution in [0, 0.1) is 19.7 Å². The Kier molecular flexibility index (Phi) is 4.08. The second-order valence-electron chi connectivity index (χ2n) is 5.68. The van der Waals surface area contributed by atoms with Gasteiger partial charge in [0, 0.05) is 5.54 Å². The van der Waals surface area contributed by atoms with Crippen LogP contribution in [0.5, 0.6) is 0 Å². The third-order valence-electron chi connectivity index (χ3n) is 3.84. The van der Waals surface area contributed by atoms with E-state index in [0.717, 1.165) is 18.6 Å². The van der Waals surface area contributed by atoms with Crippen LogP contribution in [-0.4, -0.2) is 25.0 Å². The third-order valence-corrected chi connectivity index (χ3v) is 5.73. The number of rotatable bonds is 5. The van der Waals surface area contributed by atoms with Gasteiger partial charge in [-0.15, -0.1) is 0 Å². The van der Waals surface area contributed by atoms with Gasteiger partial charge in [-0.05, 0) is 56.4 Å². The summed E-state index contributed by atoms with van der Waals surface area (Å²) in [6, 6.07) is 2.32. The van der Waals surface area contributed by atoms with E-state index in [1.807, 2.05) is 0 Å². The maximum absolute atomic E-state index is 13.3. The van der Waals surface area contributed by atoms with Crippen molar-refractivity contribution >= 4 is 16.0 Å². The molecule has 7 heteroatoms. The summed E-state index contributed by atoms with van der Waals surface area (Å²) in [6.45, 7) is 3.05. The average molecular weight is 315 g/mol. The highest BCUT2D eigenvalue weighted by atomic mass is 32.2. The Bertz CT molecular complexity index is 657. The maximum atomic E-state index is 13.3. The molecule has 1 aromatic carbocycles. The number of aryl methyl sites for hydroxylation is 2. The number of hydrogen-bond donors (Lipinski definition) is 2. The molecule has 0 bridgehead atoms. The fourth-order valence-corrected chi connectivity index (χ4v) is 4.78. The molecule has 0 atom stereocenters. The van der Waals surface area contributed by atoms with Crippen molar-refractivity contribution in [2.24, 2.45) is 0 Å². The number of halogens is 1. The maximum Gasteiger partial charge on any atom is 0.305 e. The number of benzene rings is 1. The first kappa shape index (κ1) is 15.9. The van der Waals surface area contributed by atoms with E-state index in [1.165, 1.54) is 13.8 Å². The highest BCUT2D eigenvalue weighted by Gasteiger charge is 2.43. The molecule has 1 saturated carbocycles. The predicted molar refractivity (Wildman–Crippen MR) is 75.0 cm³/mol. The highest BCUT2D eigenvalue weighted by Crippen LogP contribution is 2.37. The van der Waals surface area contributed by atoms with E-state index in [-0.39, 0.29) is 11.3 Å². The van der Waals surface area contributed by atoms with Crippen LogP contribution in [0.3, 0.4) is 0 Å². The molecule has 0 heterocycles. The third kappa shape index (κ3) is 3.24. The zero-order valence-corrected chi connectivity index (χ0v) is 12.8. The fraction of sp³-hybridized carbons (Fsp3) is 0.500. The summed E-state index contributed by atoms with van der Waals surface area (Å²) in [5.41, 5.74) is -0.299. The van der Waals surface area contributed by atoms with Crippen molar-refractivity contribution in [2.45, 2.75) is 50.0 Å². The normalized spacial score (nSPS) is 17.3. The van der Waals surface area contributed by atoms with Crippen LogP contribution in [-0.2, 0) is 14.8 Å². The first-order valence-corrected chi connectivity index (χ1v) is 8.16. The number of hydrogen-bond acceptors (Lipinski definition) is 3. The quantitative estimate of drug-likeness (QED) is 0.872. The highest BCUT2D eigenvalue weighted by molar-refractivity contribution is 7.89. The van der Waals surface area contributed by atoms with Crippen molar-refractivity contribution in [3.05, 3.63) is 29.1 Å². The van der Waals surface area contributed by atoms with Crippen LogP contribution in [0.25, 0.3) is 0 Å². The van der Waals surface area contributed by atoms with E-state index in [2.05, 4.69) is 4.72 Å². The van der Waals surface area contributed by atoms with Gasteiger partial charge in [0.25, 0.3) is 0 Å². The molecule has 0 spiro atoms. The van der Waals surface area contributed by atoms with Gasteiger partial charge in [-0.2, -0.15) is 0 Å². The average Bonchev–Trinajstić information content (AvgIpc) is 2.22. The molecule has 116 valence electrons. The minimum atomic E-state index is -3.88. The van der Waals surface area contributed by atoms with E-state index < -0.39 is 27.3 Å². The van der Waals surface area contributed by atoms with Crippen molar-refractivity contribution in [2.75, 3.05) is 0 Å². The molecule has 21 heavy (non-hydrogen) atoms. The van der Waals surface area contributed by atoms with Gasteiger partial charge in [-0.3, -0.25) is 4.79 Å². The van der Waals surface area contributed by atoms with Crippen molar-refractivity contribution < 1.29 is 22.7 Å². The van der Waals surface area contributed by atoms with E-state index in [9.17, 15) is 17.6 Å². The van der Waals surface area contributed by atoms with Gasteiger partial charge in [-0.25, -0.2) is 17.5 Å². The summed E-state index contributed by atoms with van der Waals surface area (Å²) in [5.74, 6) is -1.53. The lowest BCUT2D eigenvalue weighted by atomic mass is 9.75. The monoisotopic (exact) mass is 315 g/mol. The first-order valence-electron chi connectivity index (χ1n) is 6.68. The molecule has 0 radical (unpaired) electrons. The number of sulfonamides is 1. The smallest absolute Gasteiger partial charge is 0.305 e. The molecule has 0 amide bonds. The summed E-state index contributed by atoms with van der Waals surface area (Å²) in [5, 5.41) is 8.94. The Balaban J connectivity index is 2.37. The molecule has 5 nitrogen and oxygen atoms in total. The Hall–Kier alpha value is -1.47. The fourth-order valence-electron chi connectivity index (χ4n) is 2.87. The van der Waals surface area contributed by atoms with Gasteiger partial charge in [0.1, 0.15) is 5.82 Å². The summed E-state index contributed by atoms with van der Waals surface area (Å²) in [4.78, 5) is 11.0. The molecule has 1 aliphatic carbocycles. The zero-order chi connectivity index (χ0) is 15.8. The second-order valence-corrected chi connectivity index (χ2v) is 7.30. The van der Waals surface area contributed by atoms with E-state index in [0.29, 0.717) is 24.0 Å². The Morgan fingerprint density at radius 1 is 1.33 bits per heavy atom. The SMILES string of the molecule is Cc1cc(F)cc(C)c1S(=O)(=O)NC1(CC(=O)O)CCC1. The lowest BCUT2D eigenvalue weighted by molar-refractivity contribution is -0.139. The van der Waals surface area contributed by atoms with Gasteiger partial charge >= 0.3 is 5.97 Å². The summed E-state index contributed by atoms with van der Waals surface area (Å²) < 4.78 is 40.9. The molecule has 1 aliphatic rings. The van der Waals surface area contributed by atoms with Gasteiger partial charge in [-0.1, -0.05) is 0 Å². The largest absolute Gasteiger partial charge is 0.481 e. The molecular weight excluding hydrogens is 297 g/mol. The number of nitrogens with one attached hydrogen (secondary N) is 1. The van der Waals surface area contributed by atoms with Crippen molar-refractivity contribution in [3.8, 4) is 0 Å². The molecule has 1 aromatic rings.